The van der Waals surface area contributed by atoms with Crippen LogP contribution in [-0.2, 0) is 11.2 Å². The largest absolute Gasteiger partial charge is 0.371 e. The van der Waals surface area contributed by atoms with Gasteiger partial charge in [0.25, 0.3) is 5.91 Å². The number of rotatable bonds is 7. The van der Waals surface area contributed by atoms with Crippen molar-refractivity contribution in [1.82, 2.24) is 5.32 Å². The van der Waals surface area contributed by atoms with E-state index in [-0.39, 0.29) is 23.8 Å². The number of anilines is 2. The van der Waals surface area contributed by atoms with E-state index >= 15 is 0 Å². The van der Waals surface area contributed by atoms with Gasteiger partial charge >= 0.3 is 0 Å². The van der Waals surface area contributed by atoms with Gasteiger partial charge in [-0.05, 0) is 75.6 Å². The molecule has 0 aromatic heterocycles. The van der Waals surface area contributed by atoms with E-state index in [1.54, 1.807) is 0 Å². The molecular weight excluding hydrogens is 398 g/mol. The van der Waals surface area contributed by atoms with Crippen LogP contribution in [0.4, 0.5) is 11.4 Å². The predicted molar refractivity (Wildman–Crippen MR) is 130 cm³/mol. The zero-order chi connectivity index (χ0) is 22.5. The Labute approximate surface area is 191 Å². The molecule has 1 aliphatic carbocycles. The summed E-state index contributed by atoms with van der Waals surface area (Å²) in [4.78, 5) is 27.7. The molecule has 0 radical (unpaired) electrons. The molecule has 0 unspecified atom stereocenters. The summed E-state index contributed by atoms with van der Waals surface area (Å²) in [5.74, 6) is 0.774. The molecule has 2 fully saturated rings. The summed E-state index contributed by atoms with van der Waals surface area (Å²) in [6, 6.07) is 16.5. The number of nitrogens with zero attached hydrogens (tertiary/aromatic N) is 1. The van der Waals surface area contributed by atoms with E-state index in [1.165, 1.54) is 5.56 Å². The fourth-order valence-electron chi connectivity index (χ4n) is 4.65. The molecule has 0 bridgehead atoms. The van der Waals surface area contributed by atoms with Crippen LogP contribution in [0.3, 0.4) is 0 Å². The molecular formula is C27H35N3O2. The van der Waals surface area contributed by atoms with E-state index < -0.39 is 0 Å². The van der Waals surface area contributed by atoms with Crippen LogP contribution < -0.4 is 15.5 Å². The minimum atomic E-state index is -0.0823. The Hall–Kier alpha value is -2.82. The highest BCUT2D eigenvalue weighted by atomic mass is 16.2. The number of amides is 2. The van der Waals surface area contributed by atoms with Crippen LogP contribution in [0.25, 0.3) is 0 Å². The Morgan fingerprint density at radius 2 is 1.72 bits per heavy atom. The lowest BCUT2D eigenvalue weighted by molar-refractivity contribution is -0.122. The second kappa shape index (κ2) is 10.2. The van der Waals surface area contributed by atoms with Crippen LogP contribution in [0, 0.1) is 11.8 Å². The van der Waals surface area contributed by atoms with Crippen molar-refractivity contribution in [2.75, 3.05) is 23.3 Å². The first-order valence-corrected chi connectivity index (χ1v) is 12.0. The molecule has 1 aliphatic heterocycles. The molecule has 4 rings (SSSR count). The van der Waals surface area contributed by atoms with Crippen LogP contribution in [-0.4, -0.2) is 30.9 Å². The Kier molecular flexibility index (Phi) is 7.13. The first-order chi connectivity index (χ1) is 15.5. The van der Waals surface area contributed by atoms with E-state index in [0.29, 0.717) is 17.2 Å². The van der Waals surface area contributed by atoms with Crippen LogP contribution >= 0.6 is 0 Å². The van der Waals surface area contributed by atoms with Crippen LogP contribution in [0.1, 0.15) is 61.9 Å². The molecule has 0 atom stereocenters. The standard InChI is InChI=1S/C27H35N3O2/c1-19(2)28-27(32)24-18-23(29-26(31)22-9-6-10-22)11-12-25(24)30-15-13-21(14-16-30)17-20-7-4-3-5-8-20/h3-5,7-8,11-12,18-19,21-22H,6,9-10,13-17H2,1-2H3,(H,28,32)(H,29,31). The van der Waals surface area contributed by atoms with E-state index in [2.05, 4.69) is 45.9 Å². The molecule has 0 spiro atoms. The van der Waals surface area contributed by atoms with Crippen molar-refractivity contribution >= 4 is 23.2 Å². The Bertz CT molecular complexity index is 929. The summed E-state index contributed by atoms with van der Waals surface area (Å²) in [7, 11) is 0. The molecule has 1 saturated heterocycles. The van der Waals surface area contributed by atoms with Gasteiger partial charge in [0.15, 0.2) is 0 Å². The highest BCUT2D eigenvalue weighted by Crippen LogP contribution is 2.32. The molecule has 5 nitrogen and oxygen atoms in total. The molecule has 5 heteroatoms. The third kappa shape index (κ3) is 5.50. The third-order valence-corrected chi connectivity index (χ3v) is 6.73. The lowest BCUT2D eigenvalue weighted by atomic mass is 9.85. The van der Waals surface area contributed by atoms with E-state index in [0.717, 1.165) is 57.3 Å². The Balaban J connectivity index is 1.46. The van der Waals surface area contributed by atoms with Crippen molar-refractivity contribution in [3.05, 3.63) is 59.7 Å². The van der Waals surface area contributed by atoms with Gasteiger partial charge in [-0.25, -0.2) is 0 Å². The van der Waals surface area contributed by atoms with Crippen molar-refractivity contribution in [3.63, 3.8) is 0 Å². The van der Waals surface area contributed by atoms with Gasteiger partial charge in [-0.15, -0.1) is 0 Å². The second-order valence-electron chi connectivity index (χ2n) is 9.60. The minimum Gasteiger partial charge on any atom is -0.371 e. The molecule has 32 heavy (non-hydrogen) atoms. The van der Waals surface area contributed by atoms with Gasteiger partial charge in [0.2, 0.25) is 5.91 Å². The average molecular weight is 434 g/mol. The normalized spacial score (nSPS) is 17.2. The quantitative estimate of drug-likeness (QED) is 0.644. The van der Waals surface area contributed by atoms with Crippen molar-refractivity contribution in [3.8, 4) is 0 Å². The number of piperidine rings is 1. The van der Waals surface area contributed by atoms with Gasteiger partial charge in [-0.3, -0.25) is 9.59 Å². The number of carbonyl (C=O) groups is 2. The highest BCUT2D eigenvalue weighted by Gasteiger charge is 2.27. The van der Waals surface area contributed by atoms with Crippen molar-refractivity contribution < 1.29 is 9.59 Å². The van der Waals surface area contributed by atoms with Crippen LogP contribution in [0.2, 0.25) is 0 Å². The zero-order valence-electron chi connectivity index (χ0n) is 19.3. The first-order valence-electron chi connectivity index (χ1n) is 12.0. The van der Waals surface area contributed by atoms with E-state index in [9.17, 15) is 9.59 Å². The van der Waals surface area contributed by atoms with Crippen LogP contribution in [0.5, 0.6) is 0 Å². The van der Waals surface area contributed by atoms with Crippen molar-refractivity contribution in [2.24, 2.45) is 11.8 Å². The third-order valence-electron chi connectivity index (χ3n) is 6.73. The van der Waals surface area contributed by atoms with Gasteiger partial charge in [-0.2, -0.15) is 0 Å². The average Bonchev–Trinajstić information content (AvgIpc) is 2.73. The molecule has 2 amide bonds. The number of hydrogen-bond donors (Lipinski definition) is 2. The smallest absolute Gasteiger partial charge is 0.253 e. The first kappa shape index (κ1) is 22.4. The highest BCUT2D eigenvalue weighted by molar-refractivity contribution is 6.02. The van der Waals surface area contributed by atoms with E-state index in [4.69, 9.17) is 0 Å². The minimum absolute atomic E-state index is 0.0557. The molecule has 2 aromatic carbocycles. The predicted octanol–water partition coefficient (Wildman–Crippen LogP) is 5.02. The Morgan fingerprint density at radius 1 is 1.00 bits per heavy atom. The van der Waals surface area contributed by atoms with Gasteiger partial charge in [-0.1, -0.05) is 36.8 Å². The molecule has 2 aliphatic rings. The van der Waals surface area contributed by atoms with Crippen molar-refractivity contribution in [2.45, 2.75) is 58.4 Å². The molecule has 1 saturated carbocycles. The topological polar surface area (TPSA) is 61.4 Å². The van der Waals surface area contributed by atoms with Gasteiger partial charge in [0.1, 0.15) is 0 Å². The van der Waals surface area contributed by atoms with Crippen molar-refractivity contribution in [1.29, 1.82) is 0 Å². The van der Waals surface area contributed by atoms with Crippen LogP contribution in [0.15, 0.2) is 48.5 Å². The summed E-state index contributed by atoms with van der Waals surface area (Å²) in [5, 5.41) is 6.05. The number of nitrogens with one attached hydrogen (secondary N) is 2. The molecule has 2 N–H and O–H groups in total. The monoisotopic (exact) mass is 433 g/mol. The summed E-state index contributed by atoms with van der Waals surface area (Å²) in [5.41, 5.74) is 3.71. The van der Waals surface area contributed by atoms with Gasteiger partial charge < -0.3 is 15.5 Å². The molecule has 1 heterocycles. The zero-order valence-corrected chi connectivity index (χ0v) is 19.3. The second-order valence-corrected chi connectivity index (χ2v) is 9.60. The fraction of sp³-hybridized carbons (Fsp3) is 0.481. The van der Waals surface area contributed by atoms with E-state index in [1.807, 2.05) is 32.0 Å². The summed E-state index contributed by atoms with van der Waals surface area (Å²) < 4.78 is 0. The lowest BCUT2D eigenvalue weighted by Gasteiger charge is -2.35. The maximum Gasteiger partial charge on any atom is 0.253 e. The Morgan fingerprint density at radius 3 is 2.34 bits per heavy atom. The number of benzene rings is 2. The number of carbonyl (C=O) groups excluding carboxylic acids is 2. The summed E-state index contributed by atoms with van der Waals surface area (Å²) in [6.45, 7) is 5.81. The molecule has 2 aromatic rings. The van der Waals surface area contributed by atoms with Gasteiger partial charge in [0.05, 0.1) is 5.56 Å². The lowest BCUT2D eigenvalue weighted by Crippen LogP contribution is -2.37. The van der Waals surface area contributed by atoms with Gasteiger partial charge in [0, 0.05) is 36.4 Å². The molecule has 170 valence electrons. The fourth-order valence-corrected chi connectivity index (χ4v) is 4.65. The SMILES string of the molecule is CC(C)NC(=O)c1cc(NC(=O)C2CCC2)ccc1N1CCC(Cc2ccccc2)CC1. The maximum atomic E-state index is 13.0. The number of hydrogen-bond acceptors (Lipinski definition) is 3. The summed E-state index contributed by atoms with van der Waals surface area (Å²) in [6.07, 6.45) is 6.38. The summed E-state index contributed by atoms with van der Waals surface area (Å²) >= 11 is 0. The maximum absolute atomic E-state index is 13.0.